The van der Waals surface area contributed by atoms with Gasteiger partial charge in [-0.3, -0.25) is 18.7 Å². The molecule has 158 valence electrons. The minimum Gasteiger partial charge on any atom is -0.341 e. The summed E-state index contributed by atoms with van der Waals surface area (Å²) in [6.45, 7) is 4.75. The standard InChI is InChI=1S/C23H26FN3O3/c1-3-13-25(14-12-17-8-7-9-18(24)15-17)21(28)16-27-20-11-6-5-10-19(20)22(29)26(4-2)23(27)30/h5-11,15H,3-4,12-14,16H2,1-2H3. The lowest BCUT2D eigenvalue weighted by molar-refractivity contribution is -0.131. The summed E-state index contributed by atoms with van der Waals surface area (Å²) < 4.78 is 15.9. The summed E-state index contributed by atoms with van der Waals surface area (Å²) in [5, 5.41) is 0.411. The first-order valence-corrected chi connectivity index (χ1v) is 10.2. The fraction of sp³-hybridized carbons (Fsp3) is 0.348. The number of benzene rings is 2. The molecule has 0 unspecified atom stereocenters. The first-order chi connectivity index (χ1) is 14.5. The Morgan fingerprint density at radius 3 is 2.47 bits per heavy atom. The van der Waals surface area contributed by atoms with E-state index >= 15 is 0 Å². The van der Waals surface area contributed by atoms with Gasteiger partial charge in [-0.1, -0.05) is 31.2 Å². The van der Waals surface area contributed by atoms with Crippen molar-refractivity contribution in [3.8, 4) is 0 Å². The second-order valence-electron chi connectivity index (χ2n) is 7.20. The van der Waals surface area contributed by atoms with E-state index in [9.17, 15) is 18.8 Å². The highest BCUT2D eigenvalue weighted by Crippen LogP contribution is 2.10. The van der Waals surface area contributed by atoms with Crippen molar-refractivity contribution in [1.29, 1.82) is 0 Å². The van der Waals surface area contributed by atoms with Crippen LogP contribution in [-0.2, 0) is 24.3 Å². The van der Waals surface area contributed by atoms with Crippen LogP contribution >= 0.6 is 0 Å². The van der Waals surface area contributed by atoms with Gasteiger partial charge in [-0.2, -0.15) is 0 Å². The van der Waals surface area contributed by atoms with Crippen LogP contribution in [0.25, 0.3) is 10.9 Å². The van der Waals surface area contributed by atoms with Gasteiger partial charge in [0.2, 0.25) is 5.91 Å². The predicted molar refractivity (Wildman–Crippen MR) is 115 cm³/mol. The number of halogens is 1. The second kappa shape index (κ2) is 9.52. The SMILES string of the molecule is CCCN(CCc1cccc(F)c1)C(=O)Cn1c(=O)n(CC)c(=O)c2ccccc21. The summed E-state index contributed by atoms with van der Waals surface area (Å²) >= 11 is 0. The Kier molecular flexibility index (Phi) is 6.82. The van der Waals surface area contributed by atoms with Gasteiger partial charge >= 0.3 is 5.69 Å². The van der Waals surface area contributed by atoms with Gasteiger partial charge in [-0.15, -0.1) is 0 Å². The molecular formula is C23H26FN3O3. The topological polar surface area (TPSA) is 64.3 Å². The minimum atomic E-state index is -0.490. The molecule has 1 heterocycles. The summed E-state index contributed by atoms with van der Waals surface area (Å²) in [4.78, 5) is 40.2. The van der Waals surface area contributed by atoms with Gasteiger partial charge in [0, 0.05) is 19.6 Å². The maximum atomic E-state index is 13.4. The molecule has 0 saturated carbocycles. The van der Waals surface area contributed by atoms with E-state index in [0.29, 0.717) is 30.4 Å². The zero-order valence-electron chi connectivity index (χ0n) is 17.3. The lowest BCUT2D eigenvalue weighted by Gasteiger charge is -2.23. The maximum Gasteiger partial charge on any atom is 0.331 e. The molecule has 0 fully saturated rings. The average Bonchev–Trinajstić information content (AvgIpc) is 2.74. The highest BCUT2D eigenvalue weighted by Gasteiger charge is 2.18. The highest BCUT2D eigenvalue weighted by atomic mass is 19.1. The van der Waals surface area contributed by atoms with Crippen molar-refractivity contribution >= 4 is 16.8 Å². The van der Waals surface area contributed by atoms with Gasteiger partial charge in [0.05, 0.1) is 10.9 Å². The molecule has 0 bridgehead atoms. The zero-order chi connectivity index (χ0) is 21.7. The van der Waals surface area contributed by atoms with E-state index < -0.39 is 5.69 Å². The van der Waals surface area contributed by atoms with E-state index in [1.807, 2.05) is 13.0 Å². The number of hydrogen-bond donors (Lipinski definition) is 0. The monoisotopic (exact) mass is 411 g/mol. The summed E-state index contributed by atoms with van der Waals surface area (Å²) in [5.74, 6) is -0.512. The second-order valence-corrected chi connectivity index (χ2v) is 7.20. The van der Waals surface area contributed by atoms with E-state index in [1.54, 1.807) is 42.2 Å². The summed E-state index contributed by atoms with van der Waals surface area (Å²) in [7, 11) is 0. The van der Waals surface area contributed by atoms with E-state index in [2.05, 4.69) is 0 Å². The van der Waals surface area contributed by atoms with E-state index in [4.69, 9.17) is 0 Å². The molecule has 6 nitrogen and oxygen atoms in total. The molecule has 1 amide bonds. The molecule has 7 heteroatoms. The predicted octanol–water partition coefficient (Wildman–Crippen LogP) is 2.80. The lowest BCUT2D eigenvalue weighted by atomic mass is 10.1. The molecule has 3 rings (SSSR count). The molecule has 0 N–H and O–H groups in total. The summed E-state index contributed by atoms with van der Waals surface area (Å²) in [6.07, 6.45) is 1.28. The van der Waals surface area contributed by atoms with Crippen LogP contribution < -0.4 is 11.2 Å². The van der Waals surface area contributed by atoms with Crippen molar-refractivity contribution in [3.63, 3.8) is 0 Å². The number of para-hydroxylation sites is 1. The van der Waals surface area contributed by atoms with Crippen molar-refractivity contribution in [2.45, 2.75) is 39.8 Å². The summed E-state index contributed by atoms with van der Waals surface area (Å²) in [6, 6.07) is 13.2. The van der Waals surface area contributed by atoms with Gasteiger partial charge in [-0.05, 0) is 49.6 Å². The van der Waals surface area contributed by atoms with E-state index in [-0.39, 0.29) is 30.4 Å². The molecule has 0 aliphatic carbocycles. The van der Waals surface area contributed by atoms with Crippen molar-refractivity contribution in [2.24, 2.45) is 0 Å². The molecule has 0 aliphatic heterocycles. The fourth-order valence-electron chi connectivity index (χ4n) is 3.63. The van der Waals surface area contributed by atoms with E-state index in [1.165, 1.54) is 16.7 Å². The molecule has 0 aliphatic rings. The third kappa shape index (κ3) is 4.50. The number of amides is 1. The lowest BCUT2D eigenvalue weighted by Crippen LogP contribution is -2.43. The quantitative estimate of drug-likeness (QED) is 0.573. The number of carbonyl (C=O) groups excluding carboxylic acids is 1. The molecule has 0 radical (unpaired) electrons. The molecular weight excluding hydrogens is 385 g/mol. The van der Waals surface area contributed by atoms with Crippen LogP contribution in [0.2, 0.25) is 0 Å². The number of carbonyl (C=O) groups is 1. The molecule has 0 atom stereocenters. The van der Waals surface area contributed by atoms with Gasteiger partial charge in [-0.25, -0.2) is 9.18 Å². The molecule has 0 spiro atoms. The fourth-order valence-corrected chi connectivity index (χ4v) is 3.63. The summed E-state index contributed by atoms with van der Waals surface area (Å²) in [5.41, 5.74) is 0.424. The molecule has 1 aromatic heterocycles. The van der Waals surface area contributed by atoms with Crippen LogP contribution in [-0.4, -0.2) is 33.0 Å². The van der Waals surface area contributed by atoms with Crippen molar-refractivity contribution in [2.75, 3.05) is 13.1 Å². The Bertz CT molecular complexity index is 1170. The van der Waals surface area contributed by atoms with Crippen LogP contribution in [0, 0.1) is 5.82 Å². The van der Waals surface area contributed by atoms with Gasteiger partial charge < -0.3 is 4.90 Å². The van der Waals surface area contributed by atoms with E-state index in [0.717, 1.165) is 16.6 Å². The normalized spacial score (nSPS) is 11.0. The first-order valence-electron chi connectivity index (χ1n) is 10.2. The number of nitrogens with zero attached hydrogens (tertiary/aromatic N) is 3. The van der Waals surface area contributed by atoms with Gasteiger partial charge in [0.25, 0.3) is 5.56 Å². The Morgan fingerprint density at radius 2 is 1.77 bits per heavy atom. The number of aromatic nitrogens is 2. The van der Waals surface area contributed by atoms with Gasteiger partial charge in [0.1, 0.15) is 12.4 Å². The Labute approximate surface area is 174 Å². The van der Waals surface area contributed by atoms with Crippen molar-refractivity contribution in [3.05, 3.63) is 80.7 Å². The molecule has 30 heavy (non-hydrogen) atoms. The average molecular weight is 411 g/mol. The Balaban J connectivity index is 1.89. The molecule has 0 saturated heterocycles. The van der Waals surface area contributed by atoms with Crippen LogP contribution in [0.3, 0.4) is 0 Å². The molecule has 2 aromatic carbocycles. The van der Waals surface area contributed by atoms with Crippen LogP contribution in [0.5, 0.6) is 0 Å². The third-order valence-electron chi connectivity index (χ3n) is 5.15. The van der Waals surface area contributed by atoms with Crippen LogP contribution in [0.4, 0.5) is 4.39 Å². The maximum absolute atomic E-state index is 13.4. The Hall–Kier alpha value is -3.22. The smallest absolute Gasteiger partial charge is 0.331 e. The highest BCUT2D eigenvalue weighted by molar-refractivity contribution is 5.81. The number of rotatable bonds is 8. The van der Waals surface area contributed by atoms with Gasteiger partial charge in [0.15, 0.2) is 0 Å². The largest absolute Gasteiger partial charge is 0.341 e. The number of hydrogen-bond acceptors (Lipinski definition) is 3. The van der Waals surface area contributed by atoms with Crippen molar-refractivity contribution in [1.82, 2.24) is 14.0 Å². The zero-order valence-corrected chi connectivity index (χ0v) is 17.3. The van der Waals surface area contributed by atoms with Crippen LogP contribution in [0.15, 0.2) is 58.1 Å². The number of fused-ring (bicyclic) bond motifs is 1. The third-order valence-corrected chi connectivity index (χ3v) is 5.15. The minimum absolute atomic E-state index is 0.150. The Morgan fingerprint density at radius 1 is 1.00 bits per heavy atom. The van der Waals surface area contributed by atoms with Crippen molar-refractivity contribution < 1.29 is 9.18 Å². The first kappa shape index (κ1) is 21.5. The van der Waals surface area contributed by atoms with Crippen LogP contribution in [0.1, 0.15) is 25.8 Å². The molecule has 3 aromatic rings.